The summed E-state index contributed by atoms with van der Waals surface area (Å²) in [6.45, 7) is 0. The minimum Gasteiger partial charge on any atom is -0.466 e. The molecule has 1 heterocycles. The van der Waals surface area contributed by atoms with E-state index in [4.69, 9.17) is 9.47 Å². The van der Waals surface area contributed by atoms with Gasteiger partial charge in [0.2, 0.25) is 6.23 Å². The molecule has 0 fully saturated rings. The van der Waals surface area contributed by atoms with Crippen LogP contribution in [0.3, 0.4) is 0 Å². The standard InChI is InChI=1S/C24H21N3O3/c1-26(20-8-4-2-5-9-20)24(28)30-22-14-12-19(13-15-22)23(27-17-16-25-18-27)29-21-10-6-3-7-11-21/h2-18,23H,1H3. The first-order chi connectivity index (χ1) is 14.7. The van der Waals surface area contributed by atoms with E-state index in [0.717, 1.165) is 17.0 Å². The van der Waals surface area contributed by atoms with Crippen LogP contribution in [0.1, 0.15) is 11.8 Å². The molecule has 4 aromatic rings. The smallest absolute Gasteiger partial charge is 0.419 e. The average Bonchev–Trinajstić information content (AvgIpc) is 3.33. The van der Waals surface area contributed by atoms with E-state index in [0.29, 0.717) is 5.75 Å². The number of nitrogens with zero attached hydrogens (tertiary/aromatic N) is 3. The molecule has 0 aliphatic carbocycles. The van der Waals surface area contributed by atoms with Gasteiger partial charge in [-0.15, -0.1) is 0 Å². The van der Waals surface area contributed by atoms with Gasteiger partial charge in [0.25, 0.3) is 0 Å². The third-order valence-electron chi connectivity index (χ3n) is 4.57. The molecule has 0 saturated carbocycles. The van der Waals surface area contributed by atoms with Crippen LogP contribution in [-0.4, -0.2) is 22.7 Å². The molecule has 0 bridgehead atoms. The summed E-state index contributed by atoms with van der Waals surface area (Å²) >= 11 is 0. The summed E-state index contributed by atoms with van der Waals surface area (Å²) in [5, 5.41) is 0. The van der Waals surface area contributed by atoms with E-state index >= 15 is 0 Å². The monoisotopic (exact) mass is 399 g/mol. The van der Waals surface area contributed by atoms with Crippen molar-refractivity contribution >= 4 is 11.8 Å². The molecule has 150 valence electrons. The average molecular weight is 399 g/mol. The maximum atomic E-state index is 12.4. The number of anilines is 1. The van der Waals surface area contributed by atoms with E-state index in [1.54, 1.807) is 31.7 Å². The fourth-order valence-corrected chi connectivity index (χ4v) is 2.96. The van der Waals surface area contributed by atoms with E-state index in [-0.39, 0.29) is 0 Å². The van der Waals surface area contributed by atoms with Gasteiger partial charge in [-0.1, -0.05) is 36.4 Å². The molecule has 0 aliphatic rings. The van der Waals surface area contributed by atoms with E-state index in [9.17, 15) is 4.79 Å². The maximum Gasteiger partial charge on any atom is 0.419 e. The largest absolute Gasteiger partial charge is 0.466 e. The van der Waals surface area contributed by atoms with Gasteiger partial charge in [-0.2, -0.15) is 0 Å². The lowest BCUT2D eigenvalue weighted by atomic mass is 10.2. The lowest BCUT2D eigenvalue weighted by molar-refractivity contribution is 0.173. The van der Waals surface area contributed by atoms with E-state index in [1.165, 1.54) is 4.90 Å². The highest BCUT2D eigenvalue weighted by molar-refractivity contribution is 5.88. The molecule has 0 radical (unpaired) electrons. The molecule has 3 aromatic carbocycles. The van der Waals surface area contributed by atoms with Crippen LogP contribution in [0.2, 0.25) is 0 Å². The lowest BCUT2D eigenvalue weighted by Crippen LogP contribution is -2.29. The van der Waals surface area contributed by atoms with Crippen molar-refractivity contribution in [1.29, 1.82) is 0 Å². The Balaban J connectivity index is 1.50. The molecular weight excluding hydrogens is 378 g/mol. The lowest BCUT2D eigenvalue weighted by Gasteiger charge is -2.21. The number of hydrogen-bond acceptors (Lipinski definition) is 4. The van der Waals surface area contributed by atoms with Gasteiger partial charge < -0.3 is 9.47 Å². The molecule has 0 aliphatic heterocycles. The van der Waals surface area contributed by atoms with Crippen molar-refractivity contribution in [2.45, 2.75) is 6.23 Å². The molecule has 4 rings (SSSR count). The van der Waals surface area contributed by atoms with Crippen LogP contribution >= 0.6 is 0 Å². The first-order valence-corrected chi connectivity index (χ1v) is 9.50. The molecular formula is C24H21N3O3. The van der Waals surface area contributed by atoms with Gasteiger partial charge in [0.15, 0.2) is 0 Å². The van der Waals surface area contributed by atoms with Gasteiger partial charge in [-0.25, -0.2) is 9.78 Å². The summed E-state index contributed by atoms with van der Waals surface area (Å²) < 4.78 is 13.5. The van der Waals surface area contributed by atoms with Crippen molar-refractivity contribution in [3.63, 3.8) is 0 Å². The number of benzene rings is 3. The number of ether oxygens (including phenoxy) is 2. The second kappa shape index (κ2) is 8.96. The fraction of sp³-hybridized carbons (Fsp3) is 0.0833. The first-order valence-electron chi connectivity index (χ1n) is 9.50. The zero-order valence-corrected chi connectivity index (χ0v) is 16.5. The Bertz CT molecular complexity index is 1070. The highest BCUT2D eigenvalue weighted by Gasteiger charge is 2.17. The van der Waals surface area contributed by atoms with Crippen molar-refractivity contribution in [3.8, 4) is 11.5 Å². The molecule has 0 spiro atoms. The van der Waals surface area contributed by atoms with Crippen molar-refractivity contribution in [2.75, 3.05) is 11.9 Å². The minimum atomic E-state index is -0.458. The number of para-hydroxylation sites is 2. The second-order valence-corrected chi connectivity index (χ2v) is 6.62. The summed E-state index contributed by atoms with van der Waals surface area (Å²) in [5.41, 5.74) is 1.66. The van der Waals surface area contributed by atoms with E-state index < -0.39 is 12.3 Å². The van der Waals surface area contributed by atoms with Gasteiger partial charge in [0, 0.05) is 30.7 Å². The first kappa shape index (κ1) is 19.3. The summed E-state index contributed by atoms with van der Waals surface area (Å²) in [6.07, 6.45) is 4.40. The molecule has 1 aromatic heterocycles. The molecule has 0 N–H and O–H groups in total. The van der Waals surface area contributed by atoms with Crippen LogP contribution in [-0.2, 0) is 0 Å². The highest BCUT2D eigenvalue weighted by atomic mass is 16.6. The molecule has 1 amide bonds. The van der Waals surface area contributed by atoms with Crippen LogP contribution in [0.4, 0.5) is 10.5 Å². The van der Waals surface area contributed by atoms with Crippen LogP contribution in [0, 0.1) is 0 Å². The minimum absolute atomic E-state index is 0.397. The number of hydrogen-bond donors (Lipinski definition) is 0. The number of imidazole rings is 1. The summed E-state index contributed by atoms with van der Waals surface area (Å²) in [6, 6.07) is 26.2. The number of carbonyl (C=O) groups is 1. The fourth-order valence-electron chi connectivity index (χ4n) is 2.96. The van der Waals surface area contributed by atoms with Crippen molar-refractivity contribution in [1.82, 2.24) is 9.55 Å². The predicted molar refractivity (Wildman–Crippen MR) is 115 cm³/mol. The number of amides is 1. The Morgan fingerprint density at radius 2 is 1.57 bits per heavy atom. The molecule has 30 heavy (non-hydrogen) atoms. The van der Waals surface area contributed by atoms with Gasteiger partial charge in [0.05, 0.1) is 6.33 Å². The van der Waals surface area contributed by atoms with Crippen molar-refractivity contribution in [3.05, 3.63) is 109 Å². The molecule has 1 unspecified atom stereocenters. The Hall–Kier alpha value is -4.06. The van der Waals surface area contributed by atoms with Crippen molar-refractivity contribution < 1.29 is 14.3 Å². The van der Waals surface area contributed by atoms with Gasteiger partial charge >= 0.3 is 6.09 Å². The molecule has 6 heteroatoms. The van der Waals surface area contributed by atoms with Crippen LogP contribution in [0.15, 0.2) is 104 Å². The van der Waals surface area contributed by atoms with Crippen LogP contribution in [0.5, 0.6) is 11.5 Å². The van der Waals surface area contributed by atoms with Gasteiger partial charge in [-0.3, -0.25) is 9.47 Å². The van der Waals surface area contributed by atoms with Gasteiger partial charge in [-0.05, 0) is 48.5 Å². The van der Waals surface area contributed by atoms with Crippen LogP contribution < -0.4 is 14.4 Å². The summed E-state index contributed by atoms with van der Waals surface area (Å²) in [5.74, 6) is 1.20. The van der Waals surface area contributed by atoms with Gasteiger partial charge in [0.1, 0.15) is 11.5 Å². The predicted octanol–water partition coefficient (Wildman–Crippen LogP) is 5.14. The summed E-state index contributed by atoms with van der Waals surface area (Å²) in [4.78, 5) is 18.0. The number of carbonyl (C=O) groups excluding carboxylic acids is 1. The Kier molecular flexibility index (Phi) is 5.75. The van der Waals surface area contributed by atoms with E-state index in [2.05, 4.69) is 4.98 Å². The number of rotatable bonds is 6. The normalized spacial score (nSPS) is 11.5. The Labute approximate surface area is 174 Å². The zero-order valence-electron chi connectivity index (χ0n) is 16.5. The summed E-state index contributed by atoms with van der Waals surface area (Å²) in [7, 11) is 1.68. The maximum absolute atomic E-state index is 12.4. The third kappa shape index (κ3) is 4.50. The molecule has 0 saturated heterocycles. The molecule has 1 atom stereocenters. The van der Waals surface area contributed by atoms with Crippen LogP contribution in [0.25, 0.3) is 0 Å². The SMILES string of the molecule is CN(C(=O)Oc1ccc(C(Oc2ccccc2)n2ccnc2)cc1)c1ccccc1. The Morgan fingerprint density at radius 1 is 0.900 bits per heavy atom. The number of aromatic nitrogens is 2. The van der Waals surface area contributed by atoms with E-state index in [1.807, 2.05) is 83.6 Å². The zero-order chi connectivity index (χ0) is 20.8. The molecule has 6 nitrogen and oxygen atoms in total. The van der Waals surface area contributed by atoms with Crippen molar-refractivity contribution in [2.24, 2.45) is 0 Å². The topological polar surface area (TPSA) is 56.6 Å². The highest BCUT2D eigenvalue weighted by Crippen LogP contribution is 2.25. The third-order valence-corrected chi connectivity index (χ3v) is 4.57. The quantitative estimate of drug-likeness (QED) is 0.450. The second-order valence-electron chi connectivity index (χ2n) is 6.62. The Morgan fingerprint density at radius 3 is 2.20 bits per heavy atom.